The van der Waals surface area contributed by atoms with Gasteiger partial charge in [-0.25, -0.2) is 4.98 Å². The number of thiazole rings is 1. The predicted octanol–water partition coefficient (Wildman–Crippen LogP) is 3.83. The molecule has 0 bridgehead atoms. The second-order valence-electron chi connectivity index (χ2n) is 6.14. The third-order valence-corrected chi connectivity index (χ3v) is 5.18. The lowest BCUT2D eigenvalue weighted by molar-refractivity contribution is 0.529. The maximum atomic E-state index is 4.89. The van der Waals surface area contributed by atoms with Crippen LogP contribution in [0.25, 0.3) is 0 Å². The molecule has 0 saturated carbocycles. The van der Waals surface area contributed by atoms with Crippen LogP contribution in [0, 0.1) is 5.92 Å². The Morgan fingerprint density at radius 1 is 1.40 bits per heavy atom. The van der Waals surface area contributed by atoms with Crippen molar-refractivity contribution >= 4 is 16.5 Å². The summed E-state index contributed by atoms with van der Waals surface area (Å²) >= 11 is 1.90. The summed E-state index contributed by atoms with van der Waals surface area (Å²) in [5.74, 6) is 0.881. The highest BCUT2D eigenvalue weighted by molar-refractivity contribution is 7.15. The smallest absolute Gasteiger partial charge is 0.185 e. The maximum absolute atomic E-state index is 4.89. The SMILES string of the molecule is CCCC1CCN(c2nc(CC)c(CNC(C)C)s2)C1. The van der Waals surface area contributed by atoms with Crippen LogP contribution in [0.15, 0.2) is 0 Å². The first-order valence-corrected chi connectivity index (χ1v) is 8.92. The Hall–Kier alpha value is -0.610. The Morgan fingerprint density at radius 2 is 2.20 bits per heavy atom. The van der Waals surface area contributed by atoms with Crippen molar-refractivity contribution in [2.75, 3.05) is 18.0 Å². The second-order valence-corrected chi connectivity index (χ2v) is 7.21. The fourth-order valence-electron chi connectivity index (χ4n) is 2.87. The third-order valence-electron chi connectivity index (χ3n) is 4.03. The van der Waals surface area contributed by atoms with Crippen LogP contribution in [0.4, 0.5) is 5.13 Å². The van der Waals surface area contributed by atoms with Crippen LogP contribution in [0.1, 0.15) is 57.5 Å². The van der Waals surface area contributed by atoms with Gasteiger partial charge in [-0.05, 0) is 25.2 Å². The van der Waals surface area contributed by atoms with Gasteiger partial charge in [0.25, 0.3) is 0 Å². The summed E-state index contributed by atoms with van der Waals surface area (Å²) in [6.45, 7) is 12.3. The van der Waals surface area contributed by atoms with E-state index in [4.69, 9.17) is 4.98 Å². The molecule has 1 N–H and O–H groups in total. The van der Waals surface area contributed by atoms with Crippen molar-refractivity contribution in [3.8, 4) is 0 Å². The van der Waals surface area contributed by atoms with E-state index in [1.807, 2.05) is 11.3 Å². The number of aryl methyl sites for hydroxylation is 1. The Kier molecular flexibility index (Phi) is 5.85. The molecule has 4 heteroatoms. The first kappa shape index (κ1) is 15.8. The van der Waals surface area contributed by atoms with Crippen molar-refractivity contribution < 1.29 is 0 Å². The van der Waals surface area contributed by atoms with Gasteiger partial charge in [-0.1, -0.05) is 34.1 Å². The van der Waals surface area contributed by atoms with Gasteiger partial charge in [0, 0.05) is 30.6 Å². The van der Waals surface area contributed by atoms with E-state index < -0.39 is 0 Å². The Morgan fingerprint density at radius 3 is 2.85 bits per heavy atom. The summed E-state index contributed by atoms with van der Waals surface area (Å²) in [5, 5.41) is 4.77. The highest BCUT2D eigenvalue weighted by Crippen LogP contribution is 2.32. The zero-order chi connectivity index (χ0) is 14.5. The van der Waals surface area contributed by atoms with Crippen LogP contribution in [0.5, 0.6) is 0 Å². The zero-order valence-corrected chi connectivity index (χ0v) is 14.2. The molecule has 20 heavy (non-hydrogen) atoms. The van der Waals surface area contributed by atoms with Crippen molar-refractivity contribution in [2.45, 2.75) is 66.0 Å². The monoisotopic (exact) mass is 295 g/mol. The summed E-state index contributed by atoms with van der Waals surface area (Å²) < 4.78 is 0. The summed E-state index contributed by atoms with van der Waals surface area (Å²) in [6.07, 6.45) is 5.05. The lowest BCUT2D eigenvalue weighted by Gasteiger charge is -2.14. The third kappa shape index (κ3) is 3.95. The number of aromatic nitrogens is 1. The average molecular weight is 295 g/mol. The molecule has 114 valence electrons. The number of rotatable bonds is 7. The van der Waals surface area contributed by atoms with Gasteiger partial charge in [0.1, 0.15) is 0 Å². The van der Waals surface area contributed by atoms with Crippen molar-refractivity contribution in [1.29, 1.82) is 0 Å². The molecule has 1 aromatic heterocycles. The molecule has 0 radical (unpaired) electrons. The van der Waals surface area contributed by atoms with E-state index in [0.717, 1.165) is 18.9 Å². The van der Waals surface area contributed by atoms with Crippen molar-refractivity contribution in [3.63, 3.8) is 0 Å². The number of nitrogens with zero attached hydrogens (tertiary/aromatic N) is 2. The normalized spacial score (nSPS) is 19.2. The van der Waals surface area contributed by atoms with Gasteiger partial charge in [-0.15, -0.1) is 11.3 Å². The van der Waals surface area contributed by atoms with Gasteiger partial charge >= 0.3 is 0 Å². The molecule has 2 heterocycles. The van der Waals surface area contributed by atoms with Gasteiger partial charge in [0.2, 0.25) is 0 Å². The Balaban J connectivity index is 2.02. The molecule has 1 atom stereocenters. The van der Waals surface area contributed by atoms with E-state index in [1.54, 1.807) is 0 Å². The van der Waals surface area contributed by atoms with E-state index in [9.17, 15) is 0 Å². The fraction of sp³-hybridized carbons (Fsp3) is 0.812. The Bertz CT molecular complexity index is 414. The molecule has 0 amide bonds. The van der Waals surface area contributed by atoms with Gasteiger partial charge in [-0.2, -0.15) is 0 Å². The molecule has 3 nitrogen and oxygen atoms in total. The van der Waals surface area contributed by atoms with Gasteiger partial charge < -0.3 is 10.2 Å². The van der Waals surface area contributed by atoms with E-state index in [1.165, 1.54) is 48.1 Å². The predicted molar refractivity (Wildman–Crippen MR) is 88.7 cm³/mol. The van der Waals surface area contributed by atoms with Gasteiger partial charge in [0.15, 0.2) is 5.13 Å². The molecule has 1 aromatic rings. The van der Waals surface area contributed by atoms with Crippen molar-refractivity contribution in [2.24, 2.45) is 5.92 Å². The zero-order valence-electron chi connectivity index (χ0n) is 13.4. The van der Waals surface area contributed by atoms with E-state index in [2.05, 4.69) is 37.9 Å². The summed E-state index contributed by atoms with van der Waals surface area (Å²) in [7, 11) is 0. The first-order valence-electron chi connectivity index (χ1n) is 8.10. The summed E-state index contributed by atoms with van der Waals surface area (Å²) in [6, 6.07) is 0.533. The number of nitrogens with one attached hydrogen (secondary N) is 1. The standard InChI is InChI=1S/C16H29N3S/c1-5-7-13-8-9-19(11-13)16-18-14(6-2)15(20-16)10-17-12(3)4/h12-13,17H,5-11H2,1-4H3. The first-order chi connectivity index (χ1) is 9.63. The number of hydrogen-bond acceptors (Lipinski definition) is 4. The minimum Gasteiger partial charge on any atom is -0.348 e. The van der Waals surface area contributed by atoms with E-state index in [-0.39, 0.29) is 0 Å². The minimum absolute atomic E-state index is 0.533. The topological polar surface area (TPSA) is 28.2 Å². The van der Waals surface area contributed by atoms with E-state index in [0.29, 0.717) is 6.04 Å². The van der Waals surface area contributed by atoms with Crippen LogP contribution >= 0.6 is 11.3 Å². The number of anilines is 1. The van der Waals surface area contributed by atoms with Crippen molar-refractivity contribution in [1.82, 2.24) is 10.3 Å². The molecule has 0 aromatic carbocycles. The highest BCUT2D eigenvalue weighted by atomic mass is 32.1. The molecule has 2 rings (SSSR count). The van der Waals surface area contributed by atoms with Gasteiger partial charge in [-0.3, -0.25) is 0 Å². The van der Waals surface area contributed by atoms with Gasteiger partial charge in [0.05, 0.1) is 5.69 Å². The fourth-order valence-corrected chi connectivity index (χ4v) is 4.00. The lowest BCUT2D eigenvalue weighted by Crippen LogP contribution is -2.21. The quantitative estimate of drug-likeness (QED) is 0.828. The summed E-state index contributed by atoms with van der Waals surface area (Å²) in [4.78, 5) is 8.82. The van der Waals surface area contributed by atoms with Crippen molar-refractivity contribution in [3.05, 3.63) is 10.6 Å². The number of hydrogen-bond donors (Lipinski definition) is 1. The van der Waals surface area contributed by atoms with Crippen LogP contribution in [0.2, 0.25) is 0 Å². The molecule has 1 saturated heterocycles. The summed E-state index contributed by atoms with van der Waals surface area (Å²) in [5.41, 5.74) is 1.29. The molecule has 1 aliphatic heterocycles. The molecule has 0 aliphatic carbocycles. The molecule has 1 unspecified atom stereocenters. The minimum atomic E-state index is 0.533. The van der Waals surface area contributed by atoms with Crippen LogP contribution in [0.3, 0.4) is 0 Å². The second kappa shape index (κ2) is 7.41. The molecule has 1 aliphatic rings. The van der Waals surface area contributed by atoms with Crippen LogP contribution < -0.4 is 10.2 Å². The lowest BCUT2D eigenvalue weighted by atomic mass is 10.0. The maximum Gasteiger partial charge on any atom is 0.185 e. The van der Waals surface area contributed by atoms with Crippen LogP contribution in [-0.4, -0.2) is 24.1 Å². The average Bonchev–Trinajstić information content (AvgIpc) is 3.02. The van der Waals surface area contributed by atoms with Crippen LogP contribution in [-0.2, 0) is 13.0 Å². The Labute approximate surface area is 127 Å². The molecule has 1 fully saturated rings. The molecule has 0 spiro atoms. The largest absolute Gasteiger partial charge is 0.348 e. The molecular formula is C16H29N3S. The molecular weight excluding hydrogens is 266 g/mol. The highest BCUT2D eigenvalue weighted by Gasteiger charge is 2.24. The van der Waals surface area contributed by atoms with E-state index >= 15 is 0 Å².